The second kappa shape index (κ2) is 7.16. The van der Waals surface area contributed by atoms with E-state index in [0.29, 0.717) is 0 Å². The normalized spacial score (nSPS) is 12.5. The number of benzene rings is 1. The van der Waals surface area contributed by atoms with E-state index in [2.05, 4.69) is 0 Å². The fourth-order valence-electron chi connectivity index (χ4n) is 1.51. The highest BCUT2D eigenvalue weighted by Gasteiger charge is 2.17. The van der Waals surface area contributed by atoms with Crippen LogP contribution in [0.4, 0.5) is 0 Å². The van der Waals surface area contributed by atoms with Crippen LogP contribution in [0.1, 0.15) is 45.7 Å². The van der Waals surface area contributed by atoms with Gasteiger partial charge in [0.1, 0.15) is 0 Å². The SMILES string of the molecule is CC(C)C(=O)/C=C/c1ccc(/C=C/C(=O)C(C)(C)C)cc1. The monoisotopic (exact) mass is 284 g/mol. The van der Waals surface area contributed by atoms with Crippen molar-refractivity contribution in [2.45, 2.75) is 34.6 Å². The average molecular weight is 284 g/mol. The van der Waals surface area contributed by atoms with Gasteiger partial charge in [0.2, 0.25) is 0 Å². The number of ketones is 2. The van der Waals surface area contributed by atoms with Gasteiger partial charge in [-0.2, -0.15) is 0 Å². The third-order valence-corrected chi connectivity index (χ3v) is 3.11. The van der Waals surface area contributed by atoms with Crippen molar-refractivity contribution in [3.8, 4) is 0 Å². The van der Waals surface area contributed by atoms with Crippen LogP contribution in [0.15, 0.2) is 36.4 Å². The van der Waals surface area contributed by atoms with Crippen molar-refractivity contribution in [1.29, 1.82) is 0 Å². The first-order valence-electron chi connectivity index (χ1n) is 7.24. The number of carbonyl (C=O) groups excluding carboxylic acids is 2. The number of rotatable bonds is 5. The Morgan fingerprint density at radius 3 is 1.71 bits per heavy atom. The topological polar surface area (TPSA) is 34.1 Å². The van der Waals surface area contributed by atoms with Crippen LogP contribution in [-0.2, 0) is 9.59 Å². The molecule has 0 unspecified atom stereocenters. The van der Waals surface area contributed by atoms with Crippen LogP contribution in [0.2, 0.25) is 0 Å². The summed E-state index contributed by atoms with van der Waals surface area (Å²) in [4.78, 5) is 23.3. The van der Waals surface area contributed by atoms with Crippen LogP contribution in [-0.4, -0.2) is 11.6 Å². The predicted octanol–water partition coefficient (Wildman–Crippen LogP) is 4.55. The largest absolute Gasteiger partial charge is 0.295 e. The Labute approximate surface area is 127 Å². The molecule has 1 aromatic carbocycles. The van der Waals surface area contributed by atoms with Gasteiger partial charge in [-0.1, -0.05) is 71.0 Å². The molecule has 0 saturated heterocycles. The molecule has 0 bridgehead atoms. The summed E-state index contributed by atoms with van der Waals surface area (Å²) in [5.41, 5.74) is 1.60. The van der Waals surface area contributed by atoms with E-state index in [1.54, 1.807) is 12.2 Å². The molecule has 0 amide bonds. The summed E-state index contributed by atoms with van der Waals surface area (Å²) in [7, 11) is 0. The lowest BCUT2D eigenvalue weighted by Crippen LogP contribution is -2.17. The first kappa shape index (κ1) is 17.1. The highest BCUT2D eigenvalue weighted by atomic mass is 16.1. The maximum atomic E-state index is 11.8. The summed E-state index contributed by atoms with van der Waals surface area (Å²) in [6.07, 6.45) is 6.86. The Hall–Kier alpha value is -1.96. The van der Waals surface area contributed by atoms with E-state index < -0.39 is 0 Å². The van der Waals surface area contributed by atoms with Crippen LogP contribution in [0, 0.1) is 11.3 Å². The molecule has 0 aliphatic heterocycles. The van der Waals surface area contributed by atoms with Crippen LogP contribution in [0.3, 0.4) is 0 Å². The molecule has 0 radical (unpaired) electrons. The Morgan fingerprint density at radius 1 is 0.905 bits per heavy atom. The fourth-order valence-corrected chi connectivity index (χ4v) is 1.51. The second-order valence-electron chi connectivity index (χ2n) is 6.50. The van der Waals surface area contributed by atoms with Crippen LogP contribution in [0.5, 0.6) is 0 Å². The lowest BCUT2D eigenvalue weighted by molar-refractivity contribution is -0.121. The molecular weight excluding hydrogens is 260 g/mol. The maximum absolute atomic E-state index is 11.8. The molecule has 0 saturated carbocycles. The van der Waals surface area contributed by atoms with Crippen molar-refractivity contribution in [3.05, 3.63) is 47.5 Å². The summed E-state index contributed by atoms with van der Waals surface area (Å²) < 4.78 is 0. The average Bonchev–Trinajstić information content (AvgIpc) is 2.42. The van der Waals surface area contributed by atoms with Gasteiger partial charge in [-0.25, -0.2) is 0 Å². The molecule has 0 aromatic heterocycles. The predicted molar refractivity (Wildman–Crippen MR) is 88.8 cm³/mol. The Bertz CT molecular complexity index is 552. The molecule has 0 N–H and O–H groups in total. The summed E-state index contributed by atoms with van der Waals surface area (Å²) in [5.74, 6) is 0.246. The van der Waals surface area contributed by atoms with E-state index in [0.717, 1.165) is 11.1 Å². The van der Waals surface area contributed by atoms with Crippen molar-refractivity contribution in [2.24, 2.45) is 11.3 Å². The van der Waals surface area contributed by atoms with Gasteiger partial charge in [0, 0.05) is 11.3 Å². The van der Waals surface area contributed by atoms with Crippen LogP contribution < -0.4 is 0 Å². The quantitative estimate of drug-likeness (QED) is 0.743. The summed E-state index contributed by atoms with van der Waals surface area (Å²) >= 11 is 0. The van der Waals surface area contributed by atoms with E-state index in [1.165, 1.54) is 0 Å². The van der Waals surface area contributed by atoms with Gasteiger partial charge in [0.15, 0.2) is 11.6 Å². The van der Waals surface area contributed by atoms with Crippen LogP contribution in [0.25, 0.3) is 12.2 Å². The Kier molecular flexibility index (Phi) is 5.83. The second-order valence-corrected chi connectivity index (χ2v) is 6.50. The minimum atomic E-state index is -0.351. The zero-order valence-corrected chi connectivity index (χ0v) is 13.5. The number of hydrogen-bond donors (Lipinski definition) is 0. The summed E-state index contributed by atoms with van der Waals surface area (Å²) in [5, 5.41) is 0. The molecule has 21 heavy (non-hydrogen) atoms. The standard InChI is InChI=1S/C19H24O2/c1-14(2)17(20)12-10-15-6-8-16(9-7-15)11-13-18(21)19(3,4)5/h6-14H,1-5H3/b12-10+,13-11+. The molecule has 0 atom stereocenters. The molecule has 0 heterocycles. The minimum Gasteiger partial charge on any atom is -0.295 e. The van der Waals surface area contributed by atoms with E-state index >= 15 is 0 Å². The Balaban J connectivity index is 2.73. The fraction of sp³-hybridized carbons (Fsp3) is 0.368. The van der Waals surface area contributed by atoms with Crippen molar-refractivity contribution < 1.29 is 9.59 Å². The van der Waals surface area contributed by atoms with Gasteiger partial charge in [0.05, 0.1) is 0 Å². The molecule has 1 rings (SSSR count). The molecule has 1 aromatic rings. The smallest absolute Gasteiger partial charge is 0.161 e. The third kappa shape index (κ3) is 5.90. The van der Waals surface area contributed by atoms with Crippen molar-refractivity contribution >= 4 is 23.7 Å². The van der Waals surface area contributed by atoms with Crippen molar-refractivity contribution in [2.75, 3.05) is 0 Å². The lowest BCUT2D eigenvalue weighted by Gasteiger charge is -2.12. The van der Waals surface area contributed by atoms with Gasteiger partial charge in [0.25, 0.3) is 0 Å². The van der Waals surface area contributed by atoms with E-state index in [1.807, 2.05) is 71.0 Å². The zero-order valence-electron chi connectivity index (χ0n) is 13.5. The van der Waals surface area contributed by atoms with Gasteiger partial charge < -0.3 is 0 Å². The highest BCUT2D eigenvalue weighted by Crippen LogP contribution is 2.16. The molecule has 112 valence electrons. The third-order valence-electron chi connectivity index (χ3n) is 3.11. The number of allylic oxidation sites excluding steroid dienone is 2. The van der Waals surface area contributed by atoms with Crippen molar-refractivity contribution in [3.63, 3.8) is 0 Å². The molecule has 0 fully saturated rings. The first-order valence-corrected chi connectivity index (χ1v) is 7.24. The van der Waals surface area contributed by atoms with Crippen LogP contribution >= 0.6 is 0 Å². The Morgan fingerprint density at radius 2 is 1.33 bits per heavy atom. The van der Waals surface area contributed by atoms with E-state index in [9.17, 15) is 9.59 Å². The first-order chi connectivity index (χ1) is 9.70. The molecule has 0 spiro atoms. The highest BCUT2D eigenvalue weighted by molar-refractivity contribution is 5.97. The van der Waals surface area contributed by atoms with E-state index in [4.69, 9.17) is 0 Å². The molecule has 2 heteroatoms. The minimum absolute atomic E-state index is 0.0202. The number of hydrogen-bond acceptors (Lipinski definition) is 2. The molecule has 0 aliphatic rings. The molecule has 2 nitrogen and oxygen atoms in total. The van der Waals surface area contributed by atoms with Gasteiger partial charge in [-0.3, -0.25) is 9.59 Å². The van der Waals surface area contributed by atoms with Gasteiger partial charge in [-0.05, 0) is 23.3 Å². The number of carbonyl (C=O) groups is 2. The lowest BCUT2D eigenvalue weighted by atomic mass is 9.90. The summed E-state index contributed by atoms with van der Waals surface area (Å²) in [6, 6.07) is 7.74. The molecular formula is C19H24O2. The maximum Gasteiger partial charge on any atom is 0.161 e. The van der Waals surface area contributed by atoms with Crippen molar-refractivity contribution in [1.82, 2.24) is 0 Å². The molecule has 0 aliphatic carbocycles. The van der Waals surface area contributed by atoms with Gasteiger partial charge >= 0.3 is 0 Å². The zero-order chi connectivity index (χ0) is 16.0. The van der Waals surface area contributed by atoms with E-state index in [-0.39, 0.29) is 22.9 Å². The van der Waals surface area contributed by atoms with Gasteiger partial charge in [-0.15, -0.1) is 0 Å². The summed E-state index contributed by atoms with van der Waals surface area (Å²) in [6.45, 7) is 9.47.